The zero-order valence-electron chi connectivity index (χ0n) is 16.5. The van der Waals surface area contributed by atoms with Gasteiger partial charge in [-0.3, -0.25) is 9.88 Å². The third kappa shape index (κ3) is 3.92. The SMILES string of the molecule is CCCN1CCc2c(cccc2Nc2ccc(C)c(-c3ccc(F)cn3)c2)C1. The molecule has 0 radical (unpaired) electrons. The van der Waals surface area contributed by atoms with Gasteiger partial charge in [-0.25, -0.2) is 4.39 Å². The summed E-state index contributed by atoms with van der Waals surface area (Å²) in [5.74, 6) is -0.316. The average Bonchev–Trinajstić information content (AvgIpc) is 2.70. The number of nitrogens with zero attached hydrogens (tertiary/aromatic N) is 2. The van der Waals surface area contributed by atoms with Gasteiger partial charge < -0.3 is 5.32 Å². The molecule has 0 spiro atoms. The van der Waals surface area contributed by atoms with Crippen molar-refractivity contribution >= 4 is 11.4 Å². The number of aryl methyl sites for hydroxylation is 1. The van der Waals surface area contributed by atoms with Crippen molar-refractivity contribution in [3.63, 3.8) is 0 Å². The summed E-state index contributed by atoms with van der Waals surface area (Å²) in [4.78, 5) is 6.77. The third-order valence-corrected chi connectivity index (χ3v) is 5.40. The van der Waals surface area contributed by atoms with E-state index in [0.717, 1.165) is 48.6 Å². The highest BCUT2D eigenvalue weighted by atomic mass is 19.1. The van der Waals surface area contributed by atoms with Crippen LogP contribution in [0.15, 0.2) is 54.7 Å². The van der Waals surface area contributed by atoms with Crippen LogP contribution in [0.4, 0.5) is 15.8 Å². The van der Waals surface area contributed by atoms with Gasteiger partial charge in [-0.2, -0.15) is 0 Å². The van der Waals surface area contributed by atoms with Gasteiger partial charge in [-0.05, 0) is 73.3 Å². The van der Waals surface area contributed by atoms with E-state index in [1.54, 1.807) is 6.07 Å². The first-order valence-electron chi connectivity index (χ1n) is 9.97. The molecule has 0 saturated heterocycles. The van der Waals surface area contributed by atoms with Gasteiger partial charge in [-0.1, -0.05) is 25.1 Å². The van der Waals surface area contributed by atoms with Crippen LogP contribution in [0.2, 0.25) is 0 Å². The first kappa shape index (κ1) is 18.6. The molecule has 0 amide bonds. The lowest BCUT2D eigenvalue weighted by Gasteiger charge is -2.30. The number of benzene rings is 2. The standard InChI is InChI=1S/C24H26FN3/c1-3-12-28-13-11-21-18(16-28)5-4-6-24(21)27-20-9-7-17(2)22(14-20)23-10-8-19(25)15-26-23/h4-10,14-15,27H,3,11-13,16H2,1-2H3. The summed E-state index contributed by atoms with van der Waals surface area (Å²) in [6, 6.07) is 16.0. The highest BCUT2D eigenvalue weighted by Crippen LogP contribution is 2.31. The van der Waals surface area contributed by atoms with E-state index in [1.807, 2.05) is 0 Å². The second kappa shape index (κ2) is 8.11. The number of hydrogen-bond acceptors (Lipinski definition) is 3. The van der Waals surface area contributed by atoms with Crippen LogP contribution in [-0.2, 0) is 13.0 Å². The van der Waals surface area contributed by atoms with E-state index < -0.39 is 0 Å². The van der Waals surface area contributed by atoms with Gasteiger partial charge in [-0.15, -0.1) is 0 Å². The van der Waals surface area contributed by atoms with Crippen molar-refractivity contribution < 1.29 is 4.39 Å². The molecule has 1 aliphatic heterocycles. The Balaban J connectivity index is 1.61. The molecule has 0 bridgehead atoms. The van der Waals surface area contributed by atoms with E-state index >= 15 is 0 Å². The lowest BCUT2D eigenvalue weighted by atomic mass is 9.97. The number of rotatable bonds is 5. The number of fused-ring (bicyclic) bond motifs is 1. The van der Waals surface area contributed by atoms with Crippen LogP contribution >= 0.6 is 0 Å². The average molecular weight is 375 g/mol. The Morgan fingerprint density at radius 2 is 2.04 bits per heavy atom. The van der Waals surface area contributed by atoms with Crippen LogP contribution in [0.3, 0.4) is 0 Å². The summed E-state index contributed by atoms with van der Waals surface area (Å²) < 4.78 is 13.2. The number of hydrogen-bond donors (Lipinski definition) is 1. The number of aromatic nitrogens is 1. The molecular weight excluding hydrogens is 349 g/mol. The van der Waals surface area contributed by atoms with E-state index in [9.17, 15) is 4.39 Å². The van der Waals surface area contributed by atoms with Crippen LogP contribution in [-0.4, -0.2) is 23.0 Å². The summed E-state index contributed by atoms with van der Waals surface area (Å²) >= 11 is 0. The van der Waals surface area contributed by atoms with Crippen molar-refractivity contribution in [3.8, 4) is 11.3 Å². The molecule has 0 aliphatic carbocycles. The molecule has 0 atom stereocenters. The van der Waals surface area contributed by atoms with E-state index in [2.05, 4.69) is 65.4 Å². The maximum absolute atomic E-state index is 13.2. The minimum absolute atomic E-state index is 0.316. The highest BCUT2D eigenvalue weighted by Gasteiger charge is 2.18. The minimum Gasteiger partial charge on any atom is -0.355 e. The molecule has 1 aliphatic rings. The van der Waals surface area contributed by atoms with Crippen molar-refractivity contribution in [2.24, 2.45) is 0 Å². The number of anilines is 2. The molecule has 28 heavy (non-hydrogen) atoms. The molecular formula is C24H26FN3. The zero-order chi connectivity index (χ0) is 19.5. The van der Waals surface area contributed by atoms with Gasteiger partial charge in [0.05, 0.1) is 11.9 Å². The Bertz CT molecular complexity index is 966. The Morgan fingerprint density at radius 3 is 2.82 bits per heavy atom. The number of halogens is 1. The quantitative estimate of drug-likeness (QED) is 0.619. The van der Waals surface area contributed by atoms with E-state index in [1.165, 1.54) is 35.5 Å². The van der Waals surface area contributed by atoms with Crippen molar-refractivity contribution in [2.75, 3.05) is 18.4 Å². The van der Waals surface area contributed by atoms with Crippen LogP contribution in [0.1, 0.15) is 30.0 Å². The molecule has 0 saturated carbocycles. The second-order valence-electron chi connectivity index (χ2n) is 7.49. The normalized spacial score (nSPS) is 14.0. The Labute approximate surface area is 166 Å². The molecule has 2 aromatic carbocycles. The smallest absolute Gasteiger partial charge is 0.141 e. The lowest BCUT2D eigenvalue weighted by molar-refractivity contribution is 0.255. The fourth-order valence-electron chi connectivity index (χ4n) is 3.96. The zero-order valence-corrected chi connectivity index (χ0v) is 16.5. The molecule has 3 nitrogen and oxygen atoms in total. The third-order valence-electron chi connectivity index (χ3n) is 5.40. The Hall–Kier alpha value is -2.72. The molecule has 4 rings (SSSR count). The molecule has 0 fully saturated rings. The van der Waals surface area contributed by atoms with Crippen molar-refractivity contribution in [1.82, 2.24) is 9.88 Å². The van der Waals surface area contributed by atoms with Crippen LogP contribution < -0.4 is 5.32 Å². The van der Waals surface area contributed by atoms with Gasteiger partial charge >= 0.3 is 0 Å². The van der Waals surface area contributed by atoms with Gasteiger partial charge in [0.2, 0.25) is 0 Å². The topological polar surface area (TPSA) is 28.2 Å². The van der Waals surface area contributed by atoms with E-state index in [4.69, 9.17) is 0 Å². The molecule has 3 aromatic rings. The monoisotopic (exact) mass is 375 g/mol. The van der Waals surface area contributed by atoms with Gasteiger partial charge in [0, 0.05) is 30.0 Å². The fourth-order valence-corrected chi connectivity index (χ4v) is 3.96. The van der Waals surface area contributed by atoms with Crippen molar-refractivity contribution in [2.45, 2.75) is 33.2 Å². The summed E-state index contributed by atoms with van der Waals surface area (Å²) in [7, 11) is 0. The van der Waals surface area contributed by atoms with Gasteiger partial charge in [0.15, 0.2) is 0 Å². The van der Waals surface area contributed by atoms with Crippen molar-refractivity contribution in [1.29, 1.82) is 0 Å². The van der Waals surface area contributed by atoms with E-state index in [0.29, 0.717) is 0 Å². The summed E-state index contributed by atoms with van der Waals surface area (Å²) in [5, 5.41) is 3.61. The number of pyridine rings is 1. The maximum Gasteiger partial charge on any atom is 0.141 e. The molecule has 2 heterocycles. The molecule has 4 heteroatoms. The Morgan fingerprint density at radius 1 is 1.14 bits per heavy atom. The molecule has 1 aromatic heterocycles. The van der Waals surface area contributed by atoms with Crippen LogP contribution in [0.5, 0.6) is 0 Å². The largest absolute Gasteiger partial charge is 0.355 e. The van der Waals surface area contributed by atoms with E-state index in [-0.39, 0.29) is 5.82 Å². The summed E-state index contributed by atoms with van der Waals surface area (Å²) in [5.41, 5.74) is 7.95. The number of nitrogens with one attached hydrogen (secondary N) is 1. The molecule has 0 unspecified atom stereocenters. The van der Waals surface area contributed by atoms with Crippen LogP contribution in [0.25, 0.3) is 11.3 Å². The van der Waals surface area contributed by atoms with Crippen molar-refractivity contribution in [3.05, 3.63) is 77.2 Å². The summed E-state index contributed by atoms with van der Waals surface area (Å²) in [6.45, 7) is 7.58. The predicted molar refractivity (Wildman–Crippen MR) is 113 cm³/mol. The second-order valence-corrected chi connectivity index (χ2v) is 7.49. The molecule has 1 N–H and O–H groups in total. The van der Waals surface area contributed by atoms with Crippen LogP contribution in [0, 0.1) is 12.7 Å². The Kier molecular flexibility index (Phi) is 5.40. The minimum atomic E-state index is -0.316. The van der Waals surface area contributed by atoms with Gasteiger partial charge in [0.1, 0.15) is 5.82 Å². The van der Waals surface area contributed by atoms with Gasteiger partial charge in [0.25, 0.3) is 0 Å². The first-order chi connectivity index (χ1) is 13.6. The molecule has 144 valence electrons. The predicted octanol–water partition coefficient (Wildman–Crippen LogP) is 5.71. The lowest BCUT2D eigenvalue weighted by Crippen LogP contribution is -2.31. The first-order valence-corrected chi connectivity index (χ1v) is 9.97. The summed E-state index contributed by atoms with van der Waals surface area (Å²) in [6.07, 6.45) is 3.53. The maximum atomic E-state index is 13.2. The fraction of sp³-hybridized carbons (Fsp3) is 0.292. The highest BCUT2D eigenvalue weighted by molar-refractivity contribution is 5.73.